The maximum absolute atomic E-state index is 12.5. The Labute approximate surface area is 299 Å². The van der Waals surface area contributed by atoms with Crippen molar-refractivity contribution in [3.05, 3.63) is 36.5 Å². The first kappa shape index (κ1) is 47.2. The van der Waals surface area contributed by atoms with Gasteiger partial charge in [0.15, 0.2) is 6.10 Å². The molecular formula is C39H72NO8P. The standard InChI is InChI=1S/C39H72NO8P/c1-3-5-7-9-11-13-15-17-19-21-23-25-27-29-31-38(41)45-35-37(36-47-49(43,44)46-34-33-40)48-39(42)32-30-28-26-24-22-20-18-16-14-12-10-8-6-4-2/h9,11,15-18,37H,3-8,10,12-14,19-36,40H2,1-2H3,(H,43,44)/b11-9+,17-15+,18-16+/t37-/m1/s1. The monoisotopic (exact) mass is 713 g/mol. The number of phosphoric ester groups is 1. The Bertz CT molecular complexity index is 907. The first-order chi connectivity index (χ1) is 23.8. The van der Waals surface area contributed by atoms with Crippen molar-refractivity contribution >= 4 is 19.8 Å². The van der Waals surface area contributed by atoms with Crippen molar-refractivity contribution in [1.82, 2.24) is 0 Å². The molecule has 0 aromatic rings. The van der Waals surface area contributed by atoms with Crippen molar-refractivity contribution in [3.63, 3.8) is 0 Å². The lowest BCUT2D eigenvalue weighted by Gasteiger charge is -2.19. The van der Waals surface area contributed by atoms with Gasteiger partial charge in [-0.05, 0) is 64.2 Å². The minimum atomic E-state index is -4.38. The van der Waals surface area contributed by atoms with Gasteiger partial charge in [0.25, 0.3) is 0 Å². The highest BCUT2D eigenvalue weighted by Gasteiger charge is 2.25. The summed E-state index contributed by atoms with van der Waals surface area (Å²) in [5, 5.41) is 0. The number of esters is 2. The van der Waals surface area contributed by atoms with Gasteiger partial charge in [-0.15, -0.1) is 0 Å². The van der Waals surface area contributed by atoms with E-state index in [-0.39, 0.29) is 32.6 Å². The number of ether oxygens (including phenoxy) is 2. The van der Waals surface area contributed by atoms with Crippen LogP contribution in [0.5, 0.6) is 0 Å². The molecule has 0 bridgehead atoms. The summed E-state index contributed by atoms with van der Waals surface area (Å²) in [6, 6.07) is 0. The average molecular weight is 714 g/mol. The number of hydrogen-bond donors (Lipinski definition) is 2. The molecular weight excluding hydrogens is 641 g/mol. The third-order valence-electron chi connectivity index (χ3n) is 8.00. The summed E-state index contributed by atoms with van der Waals surface area (Å²) in [7, 11) is -4.38. The molecule has 49 heavy (non-hydrogen) atoms. The van der Waals surface area contributed by atoms with E-state index in [1.54, 1.807) is 0 Å². The molecule has 9 nitrogen and oxygen atoms in total. The van der Waals surface area contributed by atoms with Gasteiger partial charge in [0, 0.05) is 19.4 Å². The number of carbonyl (C=O) groups is 2. The molecule has 0 aromatic heterocycles. The lowest BCUT2D eigenvalue weighted by atomic mass is 10.1. The van der Waals surface area contributed by atoms with Gasteiger partial charge in [-0.1, -0.05) is 127 Å². The number of nitrogens with two attached hydrogens (primary N) is 1. The first-order valence-electron chi connectivity index (χ1n) is 19.5. The topological polar surface area (TPSA) is 134 Å². The van der Waals surface area contributed by atoms with Crippen LogP contribution in [-0.4, -0.2) is 49.3 Å². The summed E-state index contributed by atoms with van der Waals surface area (Å²) in [4.78, 5) is 34.7. The first-order valence-corrected chi connectivity index (χ1v) is 21.0. The summed E-state index contributed by atoms with van der Waals surface area (Å²) >= 11 is 0. The molecule has 0 radical (unpaired) electrons. The highest BCUT2D eigenvalue weighted by molar-refractivity contribution is 7.47. The largest absolute Gasteiger partial charge is 0.472 e. The van der Waals surface area contributed by atoms with E-state index in [2.05, 4.69) is 50.3 Å². The van der Waals surface area contributed by atoms with E-state index in [1.165, 1.54) is 51.4 Å². The number of hydrogen-bond acceptors (Lipinski definition) is 8. The van der Waals surface area contributed by atoms with Crippen LogP contribution >= 0.6 is 7.82 Å². The van der Waals surface area contributed by atoms with E-state index < -0.39 is 32.5 Å². The van der Waals surface area contributed by atoms with Gasteiger partial charge in [0.05, 0.1) is 13.2 Å². The van der Waals surface area contributed by atoms with Crippen LogP contribution in [0, 0.1) is 0 Å². The predicted octanol–water partition coefficient (Wildman–Crippen LogP) is 10.6. The van der Waals surface area contributed by atoms with Crippen LogP contribution in [-0.2, 0) is 32.7 Å². The molecule has 10 heteroatoms. The Morgan fingerprint density at radius 3 is 1.63 bits per heavy atom. The molecule has 1 unspecified atom stereocenters. The van der Waals surface area contributed by atoms with Gasteiger partial charge in [0.1, 0.15) is 6.61 Å². The van der Waals surface area contributed by atoms with Gasteiger partial charge in [-0.3, -0.25) is 18.6 Å². The molecule has 0 aliphatic heterocycles. The fourth-order valence-electron chi connectivity index (χ4n) is 5.06. The molecule has 0 rings (SSSR count). The second-order valence-corrected chi connectivity index (χ2v) is 14.2. The predicted molar refractivity (Wildman–Crippen MR) is 201 cm³/mol. The SMILES string of the molecule is CCCC/C=C/C/C=C/CCCCCCCC(=O)OC[C@H](COP(=O)(O)OCCN)OC(=O)CCCCCCC/C=C/CCCCCCC. The molecule has 0 heterocycles. The van der Waals surface area contributed by atoms with Gasteiger partial charge < -0.3 is 20.1 Å². The summed E-state index contributed by atoms with van der Waals surface area (Å²) in [6.45, 7) is 3.64. The molecule has 0 saturated carbocycles. The summed E-state index contributed by atoms with van der Waals surface area (Å²) in [6.07, 6.45) is 37.4. The Morgan fingerprint density at radius 2 is 1.08 bits per heavy atom. The fourth-order valence-corrected chi connectivity index (χ4v) is 5.82. The summed E-state index contributed by atoms with van der Waals surface area (Å²) in [5.41, 5.74) is 5.33. The third kappa shape index (κ3) is 35.8. The van der Waals surface area contributed by atoms with Crippen LogP contribution in [0.1, 0.15) is 168 Å². The van der Waals surface area contributed by atoms with Crippen molar-refractivity contribution < 1.29 is 37.6 Å². The smallest absolute Gasteiger partial charge is 0.462 e. The zero-order valence-corrected chi connectivity index (χ0v) is 32.1. The number of carbonyl (C=O) groups excluding carboxylic acids is 2. The zero-order valence-electron chi connectivity index (χ0n) is 31.2. The van der Waals surface area contributed by atoms with E-state index in [4.69, 9.17) is 24.3 Å². The maximum Gasteiger partial charge on any atom is 0.472 e. The number of rotatable bonds is 36. The number of allylic oxidation sites excluding steroid dienone is 6. The fraction of sp³-hybridized carbons (Fsp3) is 0.795. The molecule has 0 aliphatic carbocycles. The van der Waals surface area contributed by atoms with Crippen LogP contribution < -0.4 is 5.73 Å². The maximum atomic E-state index is 12.5. The molecule has 286 valence electrons. The van der Waals surface area contributed by atoms with E-state index in [0.717, 1.165) is 77.0 Å². The Kier molecular flexibility index (Phi) is 34.7. The van der Waals surface area contributed by atoms with Crippen molar-refractivity contribution in [1.29, 1.82) is 0 Å². The second kappa shape index (κ2) is 36.0. The minimum Gasteiger partial charge on any atom is -0.462 e. The highest BCUT2D eigenvalue weighted by Crippen LogP contribution is 2.43. The third-order valence-corrected chi connectivity index (χ3v) is 8.98. The lowest BCUT2D eigenvalue weighted by molar-refractivity contribution is -0.161. The number of phosphoric acid groups is 1. The van der Waals surface area contributed by atoms with Crippen molar-refractivity contribution in [2.75, 3.05) is 26.4 Å². The molecule has 3 N–H and O–H groups in total. The van der Waals surface area contributed by atoms with E-state index in [9.17, 15) is 19.0 Å². The molecule has 0 fully saturated rings. The lowest BCUT2D eigenvalue weighted by Crippen LogP contribution is -2.29. The molecule has 0 aromatic carbocycles. The molecule has 0 saturated heterocycles. The zero-order chi connectivity index (χ0) is 36.1. The van der Waals surface area contributed by atoms with Gasteiger partial charge in [0.2, 0.25) is 0 Å². The van der Waals surface area contributed by atoms with Gasteiger partial charge >= 0.3 is 19.8 Å². The van der Waals surface area contributed by atoms with Crippen LogP contribution in [0.25, 0.3) is 0 Å². The highest BCUT2D eigenvalue weighted by atomic mass is 31.2. The molecule has 0 spiro atoms. The number of unbranched alkanes of at least 4 members (excludes halogenated alkanes) is 17. The van der Waals surface area contributed by atoms with Crippen LogP contribution in [0.3, 0.4) is 0 Å². The molecule has 0 aliphatic rings. The van der Waals surface area contributed by atoms with Gasteiger partial charge in [-0.25, -0.2) is 4.57 Å². The average Bonchev–Trinajstić information content (AvgIpc) is 3.08. The van der Waals surface area contributed by atoms with Crippen LogP contribution in [0.2, 0.25) is 0 Å². The van der Waals surface area contributed by atoms with Crippen molar-refractivity contribution in [2.24, 2.45) is 5.73 Å². The summed E-state index contributed by atoms with van der Waals surface area (Å²) in [5.74, 6) is -0.857. The van der Waals surface area contributed by atoms with Crippen LogP contribution in [0.4, 0.5) is 0 Å². The normalized spacial score (nSPS) is 13.8. The quantitative estimate of drug-likeness (QED) is 0.0281. The Morgan fingerprint density at radius 1 is 0.612 bits per heavy atom. The molecule has 0 amide bonds. The summed E-state index contributed by atoms with van der Waals surface area (Å²) < 4.78 is 32.6. The van der Waals surface area contributed by atoms with Gasteiger partial charge in [-0.2, -0.15) is 0 Å². The van der Waals surface area contributed by atoms with Crippen LogP contribution in [0.15, 0.2) is 36.5 Å². The van der Waals surface area contributed by atoms with E-state index in [1.807, 2.05) is 0 Å². The van der Waals surface area contributed by atoms with Crippen molar-refractivity contribution in [2.45, 2.75) is 174 Å². The van der Waals surface area contributed by atoms with E-state index >= 15 is 0 Å². The molecule has 2 atom stereocenters. The Hall–Kier alpha value is -1.77. The van der Waals surface area contributed by atoms with E-state index in [0.29, 0.717) is 12.8 Å². The Balaban J connectivity index is 4.25. The minimum absolute atomic E-state index is 0.0496. The van der Waals surface area contributed by atoms with Crippen molar-refractivity contribution in [3.8, 4) is 0 Å². The second-order valence-electron chi connectivity index (χ2n) is 12.8.